The number of allylic oxidation sites excluding steroid dienone is 1. The number of hydrogen-bond donors (Lipinski definition) is 1. The largest absolute Gasteiger partial charge is 0.491 e. The molecule has 0 spiro atoms. The highest BCUT2D eigenvalue weighted by Gasteiger charge is 2.30. The third-order valence-electron chi connectivity index (χ3n) is 4.84. The maximum absolute atomic E-state index is 14.0. The first-order valence-electron chi connectivity index (χ1n) is 8.76. The molecule has 0 aromatic heterocycles. The van der Waals surface area contributed by atoms with E-state index in [0.717, 1.165) is 31.9 Å². The summed E-state index contributed by atoms with van der Waals surface area (Å²) in [5, 5.41) is 3.95. The summed E-state index contributed by atoms with van der Waals surface area (Å²) in [7, 11) is 1.43. The SMILES string of the molecule is COc1c(F)cc(C2=CC(=O)N3C=C(N4CCNCC4)C=CC3P2)cc1F. The van der Waals surface area contributed by atoms with Gasteiger partial charge in [0.1, 0.15) is 0 Å². The minimum atomic E-state index is -0.770. The standard InChI is InChI=1S/C19H20F2N3O2P/c1-26-19-14(20)8-12(9-15(19)21)16-10-17(25)24-11-13(2-3-18(24)27-16)23-6-4-22-5-7-23/h2-3,8-11,18,22,27H,4-7H2,1H3. The van der Waals surface area contributed by atoms with E-state index < -0.39 is 17.4 Å². The Labute approximate surface area is 158 Å². The van der Waals surface area contributed by atoms with Crippen molar-refractivity contribution in [1.82, 2.24) is 15.1 Å². The summed E-state index contributed by atoms with van der Waals surface area (Å²) in [6.45, 7) is 3.64. The second-order valence-electron chi connectivity index (χ2n) is 6.52. The number of rotatable bonds is 3. The molecule has 2 atom stereocenters. The number of carbonyl (C=O) groups is 1. The van der Waals surface area contributed by atoms with Crippen LogP contribution in [-0.2, 0) is 4.79 Å². The summed E-state index contributed by atoms with van der Waals surface area (Å²) < 4.78 is 32.8. The summed E-state index contributed by atoms with van der Waals surface area (Å²) in [6, 6.07) is 2.44. The van der Waals surface area contributed by atoms with E-state index >= 15 is 0 Å². The Morgan fingerprint density at radius 1 is 1.22 bits per heavy atom. The van der Waals surface area contributed by atoms with E-state index in [1.165, 1.54) is 25.3 Å². The summed E-state index contributed by atoms with van der Waals surface area (Å²) in [5.41, 5.74) is 1.40. The van der Waals surface area contributed by atoms with E-state index in [9.17, 15) is 13.6 Å². The maximum Gasteiger partial charge on any atom is 0.252 e. The van der Waals surface area contributed by atoms with Crippen LogP contribution in [-0.4, -0.2) is 54.8 Å². The molecule has 3 aliphatic rings. The summed E-state index contributed by atoms with van der Waals surface area (Å²) in [4.78, 5) is 16.6. The first-order chi connectivity index (χ1) is 13.1. The highest BCUT2D eigenvalue weighted by atomic mass is 31.1. The molecule has 2 unspecified atom stereocenters. The number of hydrogen-bond acceptors (Lipinski definition) is 4. The van der Waals surface area contributed by atoms with Gasteiger partial charge in [0.25, 0.3) is 5.91 Å². The molecular formula is C19H20F2N3O2P. The lowest BCUT2D eigenvalue weighted by Crippen LogP contribution is -2.44. The molecule has 0 bridgehead atoms. The first kappa shape index (κ1) is 18.1. The monoisotopic (exact) mass is 391 g/mol. The molecule has 3 aliphatic heterocycles. The minimum Gasteiger partial charge on any atom is -0.491 e. The molecule has 27 heavy (non-hydrogen) atoms. The highest BCUT2D eigenvalue weighted by Crippen LogP contribution is 2.45. The summed E-state index contributed by atoms with van der Waals surface area (Å²) in [5.74, 6) is -2.26. The third-order valence-corrected chi connectivity index (χ3v) is 6.35. The van der Waals surface area contributed by atoms with Gasteiger partial charge in [-0.15, -0.1) is 0 Å². The van der Waals surface area contributed by atoms with Crippen molar-refractivity contribution in [2.45, 2.75) is 5.78 Å². The van der Waals surface area contributed by atoms with Crippen molar-refractivity contribution in [2.75, 3.05) is 33.3 Å². The molecule has 142 valence electrons. The molecule has 1 amide bonds. The van der Waals surface area contributed by atoms with Crippen molar-refractivity contribution in [3.63, 3.8) is 0 Å². The lowest BCUT2D eigenvalue weighted by molar-refractivity contribution is -0.123. The quantitative estimate of drug-likeness (QED) is 0.805. The number of amides is 1. The van der Waals surface area contributed by atoms with Crippen LogP contribution < -0.4 is 10.1 Å². The van der Waals surface area contributed by atoms with Crippen molar-refractivity contribution in [3.05, 3.63) is 59.5 Å². The fourth-order valence-electron chi connectivity index (χ4n) is 3.45. The molecular weight excluding hydrogens is 371 g/mol. The second-order valence-corrected chi connectivity index (χ2v) is 7.93. The third kappa shape index (κ3) is 3.49. The molecule has 1 aromatic carbocycles. The van der Waals surface area contributed by atoms with Gasteiger partial charge in [0.2, 0.25) is 0 Å². The van der Waals surface area contributed by atoms with Crippen LogP contribution in [0.15, 0.2) is 42.3 Å². The smallest absolute Gasteiger partial charge is 0.252 e. The summed E-state index contributed by atoms with van der Waals surface area (Å²) >= 11 is 0. The highest BCUT2D eigenvalue weighted by molar-refractivity contribution is 7.51. The zero-order valence-corrected chi connectivity index (χ0v) is 15.8. The van der Waals surface area contributed by atoms with Gasteiger partial charge in [0.15, 0.2) is 17.4 Å². The predicted octanol–water partition coefficient (Wildman–Crippen LogP) is 2.48. The Balaban J connectivity index is 1.60. The van der Waals surface area contributed by atoms with Crippen LogP contribution in [0.25, 0.3) is 5.31 Å². The van der Waals surface area contributed by atoms with Crippen molar-refractivity contribution in [3.8, 4) is 5.75 Å². The maximum atomic E-state index is 14.0. The molecule has 4 rings (SSSR count). The topological polar surface area (TPSA) is 44.8 Å². The number of halogens is 2. The molecule has 0 aliphatic carbocycles. The first-order valence-corrected chi connectivity index (χ1v) is 9.84. The number of nitrogens with zero attached hydrogens (tertiary/aromatic N) is 2. The van der Waals surface area contributed by atoms with Gasteiger partial charge in [0.05, 0.1) is 18.6 Å². The Hall–Kier alpha value is -2.24. The fourth-order valence-corrected chi connectivity index (χ4v) is 4.82. The van der Waals surface area contributed by atoms with Crippen LogP contribution in [0.3, 0.4) is 0 Å². The van der Waals surface area contributed by atoms with E-state index in [0.29, 0.717) is 10.9 Å². The van der Waals surface area contributed by atoms with E-state index in [2.05, 4.69) is 10.2 Å². The molecule has 1 aromatic rings. The van der Waals surface area contributed by atoms with E-state index in [1.807, 2.05) is 18.4 Å². The van der Waals surface area contributed by atoms with Gasteiger partial charge in [-0.3, -0.25) is 4.79 Å². The predicted molar refractivity (Wildman–Crippen MR) is 102 cm³/mol. The zero-order valence-electron chi connectivity index (χ0n) is 14.8. The molecule has 0 radical (unpaired) electrons. The number of nitrogens with one attached hydrogen (secondary N) is 1. The van der Waals surface area contributed by atoms with E-state index in [-0.39, 0.29) is 20.3 Å². The number of ether oxygens (including phenoxy) is 1. The van der Waals surface area contributed by atoms with Crippen LogP contribution in [0.5, 0.6) is 5.75 Å². The van der Waals surface area contributed by atoms with Crippen LogP contribution >= 0.6 is 8.58 Å². The Bertz CT molecular complexity index is 840. The molecule has 5 nitrogen and oxygen atoms in total. The van der Waals surface area contributed by atoms with Gasteiger partial charge in [-0.25, -0.2) is 8.78 Å². The number of carbonyl (C=O) groups excluding carboxylic acids is 1. The van der Waals surface area contributed by atoms with E-state index in [4.69, 9.17) is 4.74 Å². The normalized spacial score (nSPS) is 23.2. The van der Waals surface area contributed by atoms with Crippen LogP contribution in [0, 0.1) is 11.6 Å². The van der Waals surface area contributed by atoms with Crippen molar-refractivity contribution in [1.29, 1.82) is 0 Å². The number of piperazine rings is 1. The molecule has 8 heteroatoms. The van der Waals surface area contributed by atoms with Crippen molar-refractivity contribution in [2.24, 2.45) is 0 Å². The Morgan fingerprint density at radius 3 is 2.59 bits per heavy atom. The van der Waals surface area contributed by atoms with Crippen LogP contribution in [0.4, 0.5) is 8.78 Å². The molecule has 1 N–H and O–H groups in total. The molecule has 3 heterocycles. The number of fused-ring (bicyclic) bond motifs is 1. The van der Waals surface area contributed by atoms with Gasteiger partial charge in [0, 0.05) is 38.5 Å². The van der Waals surface area contributed by atoms with Gasteiger partial charge in [-0.05, 0) is 29.1 Å². The van der Waals surface area contributed by atoms with Gasteiger partial charge < -0.3 is 19.9 Å². The average Bonchev–Trinajstić information content (AvgIpc) is 2.68. The minimum absolute atomic E-state index is 0.127. The lowest BCUT2D eigenvalue weighted by atomic mass is 10.1. The number of methoxy groups -OCH3 is 1. The second kappa shape index (κ2) is 7.41. The summed E-state index contributed by atoms with van der Waals surface area (Å²) in [6.07, 6.45) is 7.39. The Morgan fingerprint density at radius 2 is 1.93 bits per heavy atom. The lowest BCUT2D eigenvalue weighted by Gasteiger charge is -2.37. The molecule has 0 saturated carbocycles. The van der Waals surface area contributed by atoms with Crippen LogP contribution in [0.1, 0.15) is 5.56 Å². The fraction of sp³-hybridized carbons (Fsp3) is 0.316. The van der Waals surface area contributed by atoms with Crippen LogP contribution in [0.2, 0.25) is 0 Å². The zero-order chi connectivity index (χ0) is 19.0. The van der Waals surface area contributed by atoms with Gasteiger partial charge in [-0.1, -0.05) is 14.7 Å². The Kier molecular flexibility index (Phi) is 4.98. The average molecular weight is 391 g/mol. The van der Waals surface area contributed by atoms with Crippen molar-refractivity contribution < 1.29 is 18.3 Å². The number of benzene rings is 1. The van der Waals surface area contributed by atoms with Gasteiger partial charge >= 0.3 is 0 Å². The molecule has 1 saturated heterocycles. The van der Waals surface area contributed by atoms with E-state index in [1.54, 1.807) is 4.90 Å². The molecule has 1 fully saturated rings. The van der Waals surface area contributed by atoms with Crippen molar-refractivity contribution >= 4 is 19.8 Å². The van der Waals surface area contributed by atoms with Gasteiger partial charge in [-0.2, -0.15) is 0 Å².